The Hall–Kier alpha value is -4.87. The van der Waals surface area contributed by atoms with Crippen LogP contribution in [0.2, 0.25) is 5.28 Å². The summed E-state index contributed by atoms with van der Waals surface area (Å²) in [4.78, 5) is 22.7. The van der Waals surface area contributed by atoms with Crippen LogP contribution in [0.4, 0.5) is 26.4 Å². The smallest absolute Gasteiger partial charge is 0.288 e. The number of halogens is 5. The van der Waals surface area contributed by atoms with Crippen LogP contribution in [0, 0.1) is 24.8 Å². The molecule has 6 heterocycles. The standard InChI is InChI=1S/C16H11BrFN5O.C9H10FNO.C7H2BrClN4/c1-19-14-8-23-15(22-14)11(17)7-21-16(23)20-6-10-9-4-5-24-13(9)3-2-12(10)18;10-8-1-2-9-6(3-4-12-9)7(8)5-11;1-10-5-3-13-6(12-5)4(8)2-11-7(13)9/h2-3,7-8H,4-6H2,(H,20,21);1-2H,3-5,11H2;2-3H/i6D2;5D2;. The first-order chi connectivity index (χ1) is 25.1. The third-order valence-corrected chi connectivity index (χ3v) is 8.55. The molecule has 0 radical (unpaired) electrons. The molecule has 248 valence electrons. The summed E-state index contributed by atoms with van der Waals surface area (Å²) in [6.07, 6.45) is 6.93. The summed E-state index contributed by atoms with van der Waals surface area (Å²) in [5.41, 5.74) is 7.16. The molecule has 0 amide bonds. The van der Waals surface area contributed by atoms with Gasteiger partial charge in [-0.05, 0) is 67.7 Å². The first kappa shape index (κ1) is 29.1. The van der Waals surface area contributed by atoms with Gasteiger partial charge in [0.2, 0.25) is 22.5 Å². The maximum Gasteiger partial charge on any atom is 0.288 e. The second-order valence-corrected chi connectivity index (χ2v) is 12.1. The number of hydrogen-bond donors (Lipinski definition) is 2. The minimum absolute atomic E-state index is 0.0764. The van der Waals surface area contributed by atoms with Crippen LogP contribution in [-0.2, 0) is 25.8 Å². The van der Waals surface area contributed by atoms with Crippen molar-refractivity contribution in [2.75, 3.05) is 18.5 Å². The molecule has 17 heteroatoms. The number of nitrogens with zero attached hydrogens (tertiary/aromatic N) is 8. The maximum absolute atomic E-state index is 14.5. The zero-order valence-corrected chi connectivity index (χ0v) is 28.7. The molecule has 2 aromatic carbocycles. The van der Waals surface area contributed by atoms with Crippen LogP contribution in [0.3, 0.4) is 0 Å². The summed E-state index contributed by atoms with van der Waals surface area (Å²) in [6.45, 7) is 10.3. The van der Waals surface area contributed by atoms with E-state index >= 15 is 0 Å². The average molecular weight is 817 g/mol. The SMILES string of the molecule is [2H]C([2H])(N)c1c(F)ccc2c1CCO2.[2H]C([2H])(Nc1ncc(Br)c2nc([N+]#[C-])cn12)c1c(F)ccc2c1CCO2.[C-]#[N+]c1cn2c(Cl)ncc(Br)c2n1. The van der Waals surface area contributed by atoms with E-state index in [0.29, 0.717) is 80.0 Å². The van der Waals surface area contributed by atoms with Crippen LogP contribution in [0.5, 0.6) is 11.5 Å². The van der Waals surface area contributed by atoms with Crippen molar-refractivity contribution >= 4 is 72.3 Å². The van der Waals surface area contributed by atoms with Crippen LogP contribution < -0.4 is 20.5 Å². The van der Waals surface area contributed by atoms with Crippen LogP contribution in [0.15, 0.2) is 58.0 Å². The first-order valence-corrected chi connectivity index (χ1v) is 16.0. The molecule has 49 heavy (non-hydrogen) atoms. The fourth-order valence-electron chi connectivity index (χ4n) is 4.95. The molecule has 2 aliphatic heterocycles. The van der Waals surface area contributed by atoms with E-state index in [2.05, 4.69) is 66.8 Å². The number of aromatic nitrogens is 6. The van der Waals surface area contributed by atoms with Gasteiger partial charge in [0.25, 0.3) is 11.6 Å². The van der Waals surface area contributed by atoms with Crippen molar-refractivity contribution < 1.29 is 23.7 Å². The Kier molecular flexibility index (Phi) is 8.73. The molecule has 6 aromatic rings. The third kappa shape index (κ3) is 7.00. The van der Waals surface area contributed by atoms with E-state index < -0.39 is 24.6 Å². The van der Waals surface area contributed by atoms with E-state index in [4.69, 9.17) is 45.4 Å². The average Bonchev–Trinajstić information content (AvgIpc) is 3.93. The lowest BCUT2D eigenvalue weighted by molar-refractivity contribution is 0.356. The molecular weight excluding hydrogens is 790 g/mol. The Morgan fingerprint density at radius 3 is 1.98 bits per heavy atom. The Balaban J connectivity index is 0.000000150. The van der Waals surface area contributed by atoms with Crippen molar-refractivity contribution in [1.82, 2.24) is 28.7 Å². The van der Waals surface area contributed by atoms with Gasteiger partial charge in [0, 0.05) is 63.2 Å². The second-order valence-electron chi connectivity index (χ2n) is 10.0. The Morgan fingerprint density at radius 1 is 0.878 bits per heavy atom. The van der Waals surface area contributed by atoms with Gasteiger partial charge in [-0.15, -0.1) is 0 Å². The fraction of sp³-hybridized carbons (Fsp3) is 0.188. The molecule has 0 aliphatic carbocycles. The molecule has 0 atom stereocenters. The monoisotopic (exact) mass is 814 g/mol. The molecule has 8 rings (SSSR count). The topological polar surface area (TPSA) is 126 Å². The molecule has 0 spiro atoms. The molecule has 12 nitrogen and oxygen atoms in total. The number of hydrogen-bond acceptors (Lipinski definition) is 8. The van der Waals surface area contributed by atoms with Gasteiger partial charge in [-0.3, -0.25) is 8.80 Å². The van der Waals surface area contributed by atoms with E-state index in [1.54, 1.807) is 16.8 Å². The van der Waals surface area contributed by atoms with Crippen molar-refractivity contribution in [2.24, 2.45) is 5.73 Å². The van der Waals surface area contributed by atoms with Crippen LogP contribution in [-0.4, -0.2) is 42.0 Å². The van der Waals surface area contributed by atoms with Crippen molar-refractivity contribution in [3.63, 3.8) is 0 Å². The molecule has 0 fully saturated rings. The van der Waals surface area contributed by atoms with Crippen LogP contribution >= 0.6 is 43.5 Å². The number of nitrogens with two attached hydrogens (primary N) is 1. The Labute approximate surface area is 305 Å². The van der Waals surface area contributed by atoms with Gasteiger partial charge < -0.3 is 30.2 Å². The van der Waals surface area contributed by atoms with Gasteiger partial charge >= 0.3 is 0 Å². The van der Waals surface area contributed by atoms with Crippen molar-refractivity contribution in [2.45, 2.75) is 25.8 Å². The number of imidazole rings is 2. The highest BCUT2D eigenvalue weighted by Gasteiger charge is 2.21. The summed E-state index contributed by atoms with van der Waals surface area (Å²) in [5, 5.41) is 2.93. The van der Waals surface area contributed by atoms with E-state index in [0.717, 1.165) is 0 Å². The zero-order valence-electron chi connectivity index (χ0n) is 28.8. The highest BCUT2D eigenvalue weighted by molar-refractivity contribution is 9.11. The van der Waals surface area contributed by atoms with E-state index in [1.165, 1.54) is 41.1 Å². The van der Waals surface area contributed by atoms with E-state index in [1.807, 2.05) is 0 Å². The molecule has 4 aromatic heterocycles. The number of nitrogens with one attached hydrogen (secondary N) is 1. The quantitative estimate of drug-likeness (QED) is 0.137. The lowest BCUT2D eigenvalue weighted by Gasteiger charge is -2.11. The summed E-state index contributed by atoms with van der Waals surface area (Å²) >= 11 is 12.4. The lowest BCUT2D eigenvalue weighted by atomic mass is 10.0. The summed E-state index contributed by atoms with van der Waals surface area (Å²) in [5.74, 6) is 0.300. The first-order valence-electron chi connectivity index (χ1n) is 16.1. The highest BCUT2D eigenvalue weighted by Crippen LogP contribution is 2.32. The van der Waals surface area contributed by atoms with Gasteiger partial charge in [0.1, 0.15) is 32.1 Å². The van der Waals surface area contributed by atoms with Crippen LogP contribution in [0.1, 0.15) is 27.7 Å². The molecule has 0 bridgehead atoms. The van der Waals surface area contributed by atoms with Gasteiger partial charge in [-0.2, -0.15) is 0 Å². The minimum atomic E-state index is -2.25. The molecule has 3 N–H and O–H groups in total. The normalized spacial score (nSPS) is 14.2. The second kappa shape index (κ2) is 14.7. The molecular formula is C32H23Br2ClF2N10O2. The van der Waals surface area contributed by atoms with E-state index in [-0.39, 0.29) is 22.9 Å². The van der Waals surface area contributed by atoms with Crippen molar-refractivity contribution in [3.05, 3.63) is 120 Å². The molecule has 0 unspecified atom stereocenters. The van der Waals surface area contributed by atoms with Gasteiger partial charge in [0.15, 0.2) is 0 Å². The maximum atomic E-state index is 14.5. The van der Waals surface area contributed by atoms with Gasteiger partial charge in [0.05, 0.1) is 28.3 Å². The van der Waals surface area contributed by atoms with Crippen molar-refractivity contribution in [1.29, 1.82) is 0 Å². The summed E-state index contributed by atoms with van der Waals surface area (Å²) in [7, 11) is 0. The molecule has 2 aliphatic rings. The number of benzene rings is 2. The largest absolute Gasteiger partial charge is 0.493 e. The van der Waals surface area contributed by atoms with Crippen LogP contribution in [0.25, 0.3) is 21.0 Å². The number of ether oxygens (including phenoxy) is 2. The Morgan fingerprint density at radius 2 is 1.41 bits per heavy atom. The highest BCUT2D eigenvalue weighted by atomic mass is 79.9. The number of rotatable bonds is 4. The zero-order chi connectivity index (χ0) is 38.2. The minimum Gasteiger partial charge on any atom is -0.493 e. The lowest BCUT2D eigenvalue weighted by Crippen LogP contribution is -2.09. The Bertz CT molecular complexity index is 2450. The van der Waals surface area contributed by atoms with Gasteiger partial charge in [-0.25, -0.2) is 18.7 Å². The molecule has 0 saturated carbocycles. The fourth-order valence-corrected chi connectivity index (χ4v) is 5.89. The van der Waals surface area contributed by atoms with Gasteiger partial charge in [-0.1, -0.05) is 23.1 Å². The number of fused-ring (bicyclic) bond motifs is 4. The summed E-state index contributed by atoms with van der Waals surface area (Å²) in [6, 6.07) is 5.39. The summed E-state index contributed by atoms with van der Waals surface area (Å²) < 4.78 is 74.2. The third-order valence-electron chi connectivity index (χ3n) is 7.16. The van der Waals surface area contributed by atoms with Crippen molar-refractivity contribution in [3.8, 4) is 11.5 Å². The predicted molar refractivity (Wildman–Crippen MR) is 185 cm³/mol. The predicted octanol–water partition coefficient (Wildman–Crippen LogP) is 7.64. The number of anilines is 1. The van der Waals surface area contributed by atoms with E-state index in [9.17, 15) is 8.78 Å². The molecule has 0 saturated heterocycles.